The van der Waals surface area contributed by atoms with Crippen molar-refractivity contribution in [2.45, 2.75) is 20.3 Å². The minimum atomic E-state index is 0.145. The number of hydrogen-bond acceptors (Lipinski definition) is 3. The van der Waals surface area contributed by atoms with Gasteiger partial charge in [0.1, 0.15) is 0 Å². The first-order chi connectivity index (χ1) is 8.13. The van der Waals surface area contributed by atoms with Crippen molar-refractivity contribution in [3.8, 4) is 6.07 Å². The third kappa shape index (κ3) is 4.88. The van der Waals surface area contributed by atoms with Gasteiger partial charge in [-0.1, -0.05) is 41.6 Å². The van der Waals surface area contributed by atoms with Gasteiger partial charge >= 0.3 is 0 Å². The maximum Gasteiger partial charge on any atom is 0.185 e. The van der Waals surface area contributed by atoms with Crippen molar-refractivity contribution < 1.29 is 4.79 Å². The van der Waals surface area contributed by atoms with Crippen LogP contribution in [0.15, 0.2) is 24.3 Å². The summed E-state index contributed by atoms with van der Waals surface area (Å²) in [5.41, 5.74) is 2.77. The summed E-state index contributed by atoms with van der Waals surface area (Å²) in [6.07, 6.45) is 4.79. The summed E-state index contributed by atoms with van der Waals surface area (Å²) in [4.78, 5) is 10.7. The van der Waals surface area contributed by atoms with E-state index >= 15 is 0 Å². The molecule has 0 aliphatic heterocycles. The molecular weight excluding hydrogens is 230 g/mol. The van der Waals surface area contributed by atoms with Crippen molar-refractivity contribution in [1.29, 1.82) is 5.26 Å². The standard InChI is InChI=1S/C14H15NOS/c1-11-6-7-14(10-15)13(9-11)5-3-4-8-17-12(2)16/h3,5-7,9H,4,8H2,1-2H3. The summed E-state index contributed by atoms with van der Waals surface area (Å²) in [5, 5.41) is 9.10. The van der Waals surface area contributed by atoms with Crippen molar-refractivity contribution in [3.63, 3.8) is 0 Å². The second kappa shape index (κ2) is 6.93. The zero-order valence-electron chi connectivity index (χ0n) is 10.1. The lowest BCUT2D eigenvalue weighted by atomic mass is 10.0. The third-order valence-electron chi connectivity index (χ3n) is 2.21. The van der Waals surface area contributed by atoms with Crippen molar-refractivity contribution in [3.05, 3.63) is 41.0 Å². The molecule has 0 saturated heterocycles. The number of nitriles is 1. The molecule has 0 heterocycles. The fraction of sp³-hybridized carbons (Fsp3) is 0.286. The summed E-state index contributed by atoms with van der Waals surface area (Å²) in [5.74, 6) is 0.791. The summed E-state index contributed by atoms with van der Waals surface area (Å²) in [6, 6.07) is 7.93. The van der Waals surface area contributed by atoms with Crippen LogP contribution in [0.1, 0.15) is 30.0 Å². The van der Waals surface area contributed by atoms with E-state index in [0.29, 0.717) is 5.56 Å². The molecule has 1 aromatic carbocycles. The molecule has 0 aromatic heterocycles. The van der Waals surface area contributed by atoms with Crippen LogP contribution in [-0.2, 0) is 4.79 Å². The highest BCUT2D eigenvalue weighted by Crippen LogP contribution is 2.13. The maximum absolute atomic E-state index is 10.7. The number of benzene rings is 1. The molecule has 0 radical (unpaired) electrons. The van der Waals surface area contributed by atoms with Crippen LogP contribution in [0.25, 0.3) is 6.08 Å². The van der Waals surface area contributed by atoms with Crippen LogP contribution in [0.5, 0.6) is 0 Å². The van der Waals surface area contributed by atoms with Gasteiger partial charge in [-0.2, -0.15) is 5.26 Å². The first kappa shape index (κ1) is 13.5. The number of hydrogen-bond donors (Lipinski definition) is 0. The van der Waals surface area contributed by atoms with E-state index < -0.39 is 0 Å². The van der Waals surface area contributed by atoms with E-state index in [0.717, 1.165) is 23.3 Å². The molecule has 0 spiro atoms. The van der Waals surface area contributed by atoms with E-state index in [1.54, 1.807) is 6.92 Å². The van der Waals surface area contributed by atoms with E-state index in [-0.39, 0.29) is 5.12 Å². The largest absolute Gasteiger partial charge is 0.288 e. The Hall–Kier alpha value is -1.53. The Kier molecular flexibility index (Phi) is 5.51. The molecule has 1 rings (SSSR count). The Morgan fingerprint density at radius 3 is 2.94 bits per heavy atom. The lowest BCUT2D eigenvalue weighted by Gasteiger charge is -1.99. The van der Waals surface area contributed by atoms with E-state index in [9.17, 15) is 4.79 Å². The zero-order chi connectivity index (χ0) is 12.7. The monoisotopic (exact) mass is 245 g/mol. The normalized spacial score (nSPS) is 10.4. The molecule has 0 amide bonds. The highest BCUT2D eigenvalue weighted by molar-refractivity contribution is 8.13. The van der Waals surface area contributed by atoms with Gasteiger partial charge < -0.3 is 0 Å². The first-order valence-electron chi connectivity index (χ1n) is 5.44. The van der Waals surface area contributed by atoms with Gasteiger partial charge in [0, 0.05) is 12.7 Å². The van der Waals surface area contributed by atoms with Crippen molar-refractivity contribution >= 4 is 23.0 Å². The molecule has 0 bridgehead atoms. The minimum absolute atomic E-state index is 0.145. The van der Waals surface area contributed by atoms with Gasteiger partial charge in [-0.15, -0.1) is 0 Å². The predicted molar refractivity (Wildman–Crippen MR) is 72.7 cm³/mol. The van der Waals surface area contributed by atoms with Crippen molar-refractivity contribution in [2.75, 3.05) is 5.75 Å². The van der Waals surface area contributed by atoms with E-state index in [1.807, 2.05) is 37.3 Å². The Labute approximate surface area is 106 Å². The molecule has 0 N–H and O–H groups in total. The smallest absolute Gasteiger partial charge is 0.185 e. The number of nitrogens with zero attached hydrogens (tertiary/aromatic N) is 1. The molecule has 0 saturated carbocycles. The lowest BCUT2D eigenvalue weighted by molar-refractivity contribution is -0.109. The average Bonchev–Trinajstić information content (AvgIpc) is 2.28. The number of thioether (sulfide) groups is 1. The van der Waals surface area contributed by atoms with Crippen LogP contribution in [0.2, 0.25) is 0 Å². The minimum Gasteiger partial charge on any atom is -0.288 e. The van der Waals surface area contributed by atoms with Gasteiger partial charge in [-0.3, -0.25) is 4.79 Å². The van der Waals surface area contributed by atoms with E-state index in [1.165, 1.54) is 11.8 Å². The fourth-order valence-corrected chi connectivity index (χ4v) is 1.94. The molecule has 0 aliphatic rings. The molecule has 0 aliphatic carbocycles. The number of carbonyl (C=O) groups excluding carboxylic acids is 1. The Morgan fingerprint density at radius 1 is 1.53 bits per heavy atom. The van der Waals surface area contributed by atoms with Crippen LogP contribution in [-0.4, -0.2) is 10.9 Å². The van der Waals surface area contributed by atoms with Gasteiger partial charge in [-0.25, -0.2) is 0 Å². The van der Waals surface area contributed by atoms with Crippen LogP contribution in [0, 0.1) is 18.3 Å². The van der Waals surface area contributed by atoms with Crippen molar-refractivity contribution in [1.82, 2.24) is 0 Å². The van der Waals surface area contributed by atoms with Crippen LogP contribution in [0.3, 0.4) is 0 Å². The summed E-state index contributed by atoms with van der Waals surface area (Å²) >= 11 is 1.32. The number of rotatable bonds is 4. The van der Waals surface area contributed by atoms with Gasteiger partial charge in [0.15, 0.2) is 5.12 Å². The average molecular weight is 245 g/mol. The first-order valence-corrected chi connectivity index (χ1v) is 6.42. The van der Waals surface area contributed by atoms with Crippen LogP contribution in [0.4, 0.5) is 0 Å². The van der Waals surface area contributed by atoms with Gasteiger partial charge in [0.25, 0.3) is 0 Å². The second-order valence-corrected chi connectivity index (χ2v) is 5.01. The van der Waals surface area contributed by atoms with Crippen LogP contribution < -0.4 is 0 Å². The molecular formula is C14H15NOS. The molecule has 0 atom stereocenters. The Morgan fingerprint density at radius 2 is 2.29 bits per heavy atom. The zero-order valence-corrected chi connectivity index (χ0v) is 10.9. The lowest BCUT2D eigenvalue weighted by Crippen LogP contribution is -1.85. The molecule has 0 fully saturated rings. The van der Waals surface area contributed by atoms with E-state index in [4.69, 9.17) is 5.26 Å². The number of aryl methyl sites for hydroxylation is 1. The summed E-state index contributed by atoms with van der Waals surface area (Å²) < 4.78 is 0. The van der Waals surface area contributed by atoms with Crippen LogP contribution >= 0.6 is 11.8 Å². The number of allylic oxidation sites excluding steroid dienone is 1. The molecule has 0 unspecified atom stereocenters. The van der Waals surface area contributed by atoms with E-state index in [2.05, 4.69) is 6.07 Å². The highest BCUT2D eigenvalue weighted by atomic mass is 32.2. The third-order valence-corrected chi connectivity index (χ3v) is 3.06. The molecule has 1 aromatic rings. The molecule has 2 nitrogen and oxygen atoms in total. The topological polar surface area (TPSA) is 40.9 Å². The van der Waals surface area contributed by atoms with Gasteiger partial charge in [0.2, 0.25) is 0 Å². The Bertz CT molecular complexity index is 472. The molecule has 88 valence electrons. The summed E-state index contributed by atoms with van der Waals surface area (Å²) in [6.45, 7) is 3.58. The van der Waals surface area contributed by atoms with Gasteiger partial charge in [0.05, 0.1) is 11.6 Å². The Balaban J connectivity index is 2.61. The maximum atomic E-state index is 10.7. The molecule has 17 heavy (non-hydrogen) atoms. The summed E-state index contributed by atoms with van der Waals surface area (Å²) in [7, 11) is 0. The quantitative estimate of drug-likeness (QED) is 0.762. The van der Waals surface area contributed by atoms with Crippen molar-refractivity contribution in [2.24, 2.45) is 0 Å². The SMILES string of the molecule is CC(=O)SCCC=Cc1cc(C)ccc1C#N. The molecule has 3 heteroatoms. The second-order valence-electron chi connectivity index (χ2n) is 3.73. The number of carbonyl (C=O) groups is 1. The predicted octanol–water partition coefficient (Wildman–Crippen LogP) is 3.55. The highest BCUT2D eigenvalue weighted by Gasteiger charge is 1.98. The fourth-order valence-electron chi connectivity index (χ4n) is 1.40. The van der Waals surface area contributed by atoms with Gasteiger partial charge in [-0.05, 0) is 25.0 Å².